The first-order chi connectivity index (χ1) is 38.5. The Morgan fingerprint density at radius 1 is 0.269 bits per heavy atom. The van der Waals surface area contributed by atoms with E-state index in [1.165, 1.54) is 32.7 Å². The Balaban J connectivity index is 0.751. The molecule has 2 aliphatic rings. The van der Waals surface area contributed by atoms with Crippen molar-refractivity contribution in [3.63, 3.8) is 0 Å². The molecule has 0 saturated carbocycles. The number of rotatable bonds is 8. The van der Waals surface area contributed by atoms with E-state index in [2.05, 4.69) is 228 Å². The molecule has 0 unspecified atom stereocenters. The van der Waals surface area contributed by atoms with Gasteiger partial charge in [0.2, 0.25) is 0 Å². The number of para-hydroxylation sites is 4. The number of hydrogen-bond acceptors (Lipinski definition) is 6. The molecule has 13 aromatic carbocycles. The van der Waals surface area contributed by atoms with Gasteiger partial charge < -0.3 is 28.7 Å². The van der Waals surface area contributed by atoms with E-state index in [4.69, 9.17) is 18.9 Å². The van der Waals surface area contributed by atoms with Crippen LogP contribution in [-0.4, -0.2) is 14.2 Å². The fourth-order valence-electron chi connectivity index (χ4n) is 11.8. The predicted octanol–water partition coefficient (Wildman–Crippen LogP) is 20.1. The summed E-state index contributed by atoms with van der Waals surface area (Å²) in [6.45, 7) is 0. The largest absolute Gasteiger partial charge is 0.497 e. The zero-order valence-corrected chi connectivity index (χ0v) is 42.8. The lowest BCUT2D eigenvalue weighted by atomic mass is 9.85. The summed E-state index contributed by atoms with van der Waals surface area (Å²) in [4.78, 5) is 4.59. The number of benzene rings is 13. The van der Waals surface area contributed by atoms with E-state index in [1.54, 1.807) is 14.2 Å². The van der Waals surface area contributed by atoms with Gasteiger partial charge in [0.05, 0.1) is 37.0 Å². The average molecular weight is 1010 g/mol. The summed E-state index contributed by atoms with van der Waals surface area (Å²) in [6.07, 6.45) is 0. The van der Waals surface area contributed by atoms with Crippen LogP contribution in [0.4, 0.5) is 34.1 Å². The lowest BCUT2D eigenvalue weighted by Crippen LogP contribution is -2.15. The summed E-state index contributed by atoms with van der Waals surface area (Å²) in [5, 5.41) is 9.36. The molecule has 0 aliphatic carbocycles. The quantitative estimate of drug-likeness (QED) is 0.141. The summed E-state index contributed by atoms with van der Waals surface area (Å²) in [7, 11) is 3.41. The van der Waals surface area contributed by atoms with Gasteiger partial charge in [0, 0.05) is 11.4 Å². The Morgan fingerprint density at radius 2 is 0.603 bits per heavy atom. The van der Waals surface area contributed by atoms with Crippen molar-refractivity contribution in [2.45, 2.75) is 0 Å². The van der Waals surface area contributed by atoms with Crippen molar-refractivity contribution >= 4 is 77.2 Å². The Hall–Kier alpha value is -10.3. The van der Waals surface area contributed by atoms with Gasteiger partial charge in [-0.2, -0.15) is 0 Å². The van der Waals surface area contributed by atoms with Gasteiger partial charge in [-0.25, -0.2) is 0 Å². The molecule has 13 aromatic rings. The highest BCUT2D eigenvalue weighted by Gasteiger charge is 2.28. The zero-order chi connectivity index (χ0) is 51.8. The molecule has 0 amide bonds. The first kappa shape index (κ1) is 45.1. The van der Waals surface area contributed by atoms with Gasteiger partial charge in [-0.3, -0.25) is 0 Å². The van der Waals surface area contributed by atoms with Crippen molar-refractivity contribution in [2.24, 2.45) is 0 Å². The molecule has 2 heterocycles. The van der Waals surface area contributed by atoms with E-state index in [0.29, 0.717) is 0 Å². The standard InChI is InChI=1S/C72H48N2O4/c1-75-57-35-29-49-39-55(33-27-51(49)41-57)73-63-15-7-9-17-67(63)77-69-43-53(31-37-65(69)73)45-19-23-47(24-20-45)71-59-11-3-5-13-61(59)72(62-14-6-4-12-60(62)71)48-25-21-46(22-26-48)54-32-38-66-70(44-54)78-68-18-10-8-16-64(68)74(66)56-34-28-52-42-58(76-2)36-30-50(52)40-56/h3-44H,1-2H3. The molecule has 0 aromatic heterocycles. The van der Waals surface area contributed by atoms with Gasteiger partial charge in [-0.05, 0) is 185 Å². The second kappa shape index (κ2) is 18.2. The maximum atomic E-state index is 6.67. The summed E-state index contributed by atoms with van der Waals surface area (Å²) < 4.78 is 24.4. The molecule has 6 nitrogen and oxygen atoms in total. The minimum Gasteiger partial charge on any atom is -0.497 e. The highest BCUT2D eigenvalue weighted by atomic mass is 16.5. The molecule has 0 atom stereocenters. The van der Waals surface area contributed by atoms with Crippen molar-refractivity contribution in [2.75, 3.05) is 24.0 Å². The molecule has 78 heavy (non-hydrogen) atoms. The van der Waals surface area contributed by atoms with Crippen molar-refractivity contribution in [3.05, 3.63) is 255 Å². The summed E-state index contributed by atoms with van der Waals surface area (Å²) in [5.74, 6) is 4.93. The van der Waals surface area contributed by atoms with Crippen LogP contribution in [-0.2, 0) is 0 Å². The third kappa shape index (κ3) is 7.48. The smallest absolute Gasteiger partial charge is 0.152 e. The number of anilines is 6. The van der Waals surface area contributed by atoms with Crippen molar-refractivity contribution in [1.29, 1.82) is 0 Å². The first-order valence-corrected chi connectivity index (χ1v) is 26.3. The molecular formula is C72H48N2O4. The highest BCUT2D eigenvalue weighted by molar-refractivity contribution is 6.21. The summed E-state index contributed by atoms with van der Waals surface area (Å²) >= 11 is 0. The summed E-state index contributed by atoms with van der Waals surface area (Å²) in [5.41, 5.74) is 15.2. The average Bonchev–Trinajstić information content (AvgIpc) is 3.69. The second-order valence-corrected chi connectivity index (χ2v) is 20.0. The van der Waals surface area contributed by atoms with Crippen LogP contribution < -0.4 is 28.7 Å². The molecule has 0 fully saturated rings. The fraction of sp³-hybridized carbons (Fsp3) is 0.0278. The zero-order valence-electron chi connectivity index (χ0n) is 42.8. The van der Waals surface area contributed by atoms with Crippen LogP contribution >= 0.6 is 0 Å². The Bertz CT molecular complexity index is 4200. The van der Waals surface area contributed by atoms with Crippen molar-refractivity contribution in [1.82, 2.24) is 0 Å². The Morgan fingerprint density at radius 3 is 1.01 bits per heavy atom. The van der Waals surface area contributed by atoms with Crippen LogP contribution in [0.1, 0.15) is 0 Å². The van der Waals surface area contributed by atoms with Crippen LogP contribution in [0.2, 0.25) is 0 Å². The second-order valence-electron chi connectivity index (χ2n) is 20.0. The number of methoxy groups -OCH3 is 2. The molecule has 0 saturated heterocycles. The minimum absolute atomic E-state index is 0.806. The number of ether oxygens (including phenoxy) is 4. The lowest BCUT2D eigenvalue weighted by Gasteiger charge is -2.33. The van der Waals surface area contributed by atoms with E-state index in [0.717, 1.165) is 124 Å². The van der Waals surface area contributed by atoms with E-state index >= 15 is 0 Å². The van der Waals surface area contributed by atoms with Gasteiger partial charge in [-0.1, -0.05) is 158 Å². The molecule has 0 radical (unpaired) electrons. The Kier molecular flexibility index (Phi) is 10.5. The van der Waals surface area contributed by atoms with E-state index in [-0.39, 0.29) is 0 Å². The van der Waals surface area contributed by atoms with E-state index in [9.17, 15) is 0 Å². The maximum Gasteiger partial charge on any atom is 0.152 e. The van der Waals surface area contributed by atoms with Crippen LogP contribution in [0.15, 0.2) is 255 Å². The van der Waals surface area contributed by atoms with Gasteiger partial charge in [0.25, 0.3) is 0 Å². The third-order valence-corrected chi connectivity index (χ3v) is 15.6. The summed E-state index contributed by atoms with van der Waals surface area (Å²) in [6, 6.07) is 90.8. The number of hydrogen-bond donors (Lipinski definition) is 0. The number of nitrogens with zero attached hydrogens (tertiary/aromatic N) is 2. The highest BCUT2D eigenvalue weighted by Crippen LogP contribution is 2.54. The van der Waals surface area contributed by atoms with Crippen LogP contribution in [0, 0.1) is 0 Å². The van der Waals surface area contributed by atoms with Crippen LogP contribution in [0.3, 0.4) is 0 Å². The molecule has 2 aliphatic heterocycles. The van der Waals surface area contributed by atoms with E-state index in [1.807, 2.05) is 36.4 Å². The molecule has 15 rings (SSSR count). The SMILES string of the molecule is COc1ccc2cc(N3c4ccccc4Oc4cc(-c5ccc(-c6c7ccccc7c(-c7ccc(-c8ccc9c(c8)Oc8ccccc8N9c8ccc9cc(OC)ccc9c8)cc7)c7ccccc67)cc5)ccc43)ccc2c1. The third-order valence-electron chi connectivity index (χ3n) is 15.6. The molecule has 0 N–H and O–H groups in total. The van der Waals surface area contributed by atoms with Crippen molar-refractivity contribution in [3.8, 4) is 79.0 Å². The molecule has 6 heteroatoms. The van der Waals surface area contributed by atoms with Crippen molar-refractivity contribution < 1.29 is 18.9 Å². The van der Waals surface area contributed by atoms with Gasteiger partial charge >= 0.3 is 0 Å². The normalized spacial score (nSPS) is 12.4. The molecule has 0 bridgehead atoms. The predicted molar refractivity (Wildman–Crippen MR) is 321 cm³/mol. The molecular weight excluding hydrogens is 957 g/mol. The monoisotopic (exact) mass is 1000 g/mol. The Labute approximate surface area is 451 Å². The fourth-order valence-corrected chi connectivity index (χ4v) is 11.8. The lowest BCUT2D eigenvalue weighted by molar-refractivity contribution is 0.415. The molecule has 370 valence electrons. The topological polar surface area (TPSA) is 43.4 Å². The van der Waals surface area contributed by atoms with E-state index < -0.39 is 0 Å². The molecule has 0 spiro atoms. The maximum absolute atomic E-state index is 6.67. The minimum atomic E-state index is 0.806. The van der Waals surface area contributed by atoms with Gasteiger partial charge in [-0.15, -0.1) is 0 Å². The number of fused-ring (bicyclic) bond motifs is 8. The first-order valence-electron chi connectivity index (χ1n) is 26.3. The van der Waals surface area contributed by atoms with Crippen LogP contribution in [0.5, 0.6) is 34.5 Å². The van der Waals surface area contributed by atoms with Crippen LogP contribution in [0.25, 0.3) is 87.6 Å². The van der Waals surface area contributed by atoms with Gasteiger partial charge in [0.1, 0.15) is 11.5 Å². The van der Waals surface area contributed by atoms with Gasteiger partial charge in [0.15, 0.2) is 23.0 Å².